The van der Waals surface area contributed by atoms with Gasteiger partial charge >= 0.3 is 0 Å². The van der Waals surface area contributed by atoms with Crippen LogP contribution in [-0.4, -0.2) is 49.6 Å². The van der Waals surface area contributed by atoms with Gasteiger partial charge in [-0.15, -0.1) is 0 Å². The maximum atomic E-state index is 13.8. The van der Waals surface area contributed by atoms with Crippen molar-refractivity contribution in [3.63, 3.8) is 0 Å². The van der Waals surface area contributed by atoms with Crippen molar-refractivity contribution < 1.29 is 23.8 Å². The Morgan fingerprint density at radius 3 is 2.34 bits per heavy atom. The maximum Gasteiger partial charge on any atom is 0.262 e. The van der Waals surface area contributed by atoms with E-state index in [0.29, 0.717) is 35.0 Å². The first kappa shape index (κ1) is 27.0. The van der Waals surface area contributed by atoms with Crippen molar-refractivity contribution in [3.8, 4) is 17.2 Å². The van der Waals surface area contributed by atoms with E-state index in [2.05, 4.69) is 5.32 Å². The number of nitrogens with zero attached hydrogens (tertiary/aromatic N) is 1. The molecule has 3 aromatic carbocycles. The smallest absolute Gasteiger partial charge is 0.262 e. The Morgan fingerprint density at radius 2 is 1.63 bits per heavy atom. The van der Waals surface area contributed by atoms with E-state index >= 15 is 0 Å². The fourth-order valence-corrected chi connectivity index (χ4v) is 4.72. The second-order valence-corrected chi connectivity index (χ2v) is 9.42. The molecule has 0 spiro atoms. The lowest BCUT2D eigenvalue weighted by atomic mass is 9.90. The highest BCUT2D eigenvalue weighted by Gasteiger charge is 2.29. The van der Waals surface area contributed by atoms with Gasteiger partial charge in [0.1, 0.15) is 5.75 Å². The van der Waals surface area contributed by atoms with E-state index in [0.717, 1.165) is 31.2 Å². The van der Waals surface area contributed by atoms with Crippen LogP contribution in [0.25, 0.3) is 0 Å². The van der Waals surface area contributed by atoms with Crippen LogP contribution in [0, 0.1) is 0 Å². The highest BCUT2D eigenvalue weighted by molar-refractivity contribution is 5.95. The van der Waals surface area contributed by atoms with Gasteiger partial charge in [0.2, 0.25) is 0 Å². The monoisotopic (exact) mass is 517 g/mol. The molecular formula is C30H35N3O5. The number of benzene rings is 3. The third kappa shape index (κ3) is 7.04. The number of carbonyl (C=O) groups is 2. The van der Waals surface area contributed by atoms with Crippen LogP contribution in [0.5, 0.6) is 17.2 Å². The van der Waals surface area contributed by atoms with Crippen LogP contribution in [-0.2, 0) is 11.3 Å². The van der Waals surface area contributed by atoms with E-state index in [1.165, 1.54) is 0 Å². The molecular weight excluding hydrogens is 482 g/mol. The van der Waals surface area contributed by atoms with Crippen molar-refractivity contribution in [1.82, 2.24) is 4.90 Å². The van der Waals surface area contributed by atoms with Crippen molar-refractivity contribution in [2.24, 2.45) is 5.73 Å². The number of amides is 2. The Morgan fingerprint density at radius 1 is 0.895 bits per heavy atom. The topological polar surface area (TPSA) is 103 Å². The van der Waals surface area contributed by atoms with Crippen molar-refractivity contribution in [3.05, 3.63) is 83.9 Å². The molecule has 4 rings (SSSR count). The molecule has 0 aromatic heterocycles. The number of nitrogens with one attached hydrogen (secondary N) is 1. The average Bonchev–Trinajstić information content (AvgIpc) is 2.95. The summed E-state index contributed by atoms with van der Waals surface area (Å²) in [6, 6.07) is 22.2. The Labute approximate surface area is 223 Å². The minimum Gasteiger partial charge on any atom is -0.493 e. The second kappa shape index (κ2) is 13.0. The van der Waals surface area contributed by atoms with Crippen molar-refractivity contribution in [2.45, 2.75) is 44.3 Å². The lowest BCUT2D eigenvalue weighted by molar-refractivity contribution is -0.118. The van der Waals surface area contributed by atoms with E-state index in [4.69, 9.17) is 19.9 Å². The SMILES string of the molecule is COc1ccc(C(=O)N(Cc2cccc(NC(=O)COc3ccccc3)c2)C2CCC(N)CC2)cc1OC. The Balaban J connectivity index is 1.49. The summed E-state index contributed by atoms with van der Waals surface area (Å²) in [7, 11) is 3.12. The summed E-state index contributed by atoms with van der Waals surface area (Å²) in [5.74, 6) is 1.36. The summed E-state index contributed by atoms with van der Waals surface area (Å²) < 4.78 is 16.3. The fourth-order valence-electron chi connectivity index (χ4n) is 4.72. The molecule has 0 aliphatic heterocycles. The summed E-state index contributed by atoms with van der Waals surface area (Å²) >= 11 is 0. The minimum atomic E-state index is -0.259. The van der Waals surface area contributed by atoms with Gasteiger partial charge in [-0.2, -0.15) is 0 Å². The third-order valence-electron chi connectivity index (χ3n) is 6.75. The molecule has 1 aliphatic rings. The zero-order valence-electron chi connectivity index (χ0n) is 21.9. The summed E-state index contributed by atoms with van der Waals surface area (Å²) in [5.41, 5.74) is 8.24. The van der Waals surface area contributed by atoms with Gasteiger partial charge in [-0.3, -0.25) is 9.59 Å². The predicted molar refractivity (Wildman–Crippen MR) is 147 cm³/mol. The van der Waals surface area contributed by atoms with E-state index in [-0.39, 0.29) is 30.5 Å². The molecule has 38 heavy (non-hydrogen) atoms. The Hall–Kier alpha value is -4.04. The molecule has 0 atom stereocenters. The standard InChI is InChI=1S/C30H35N3O5/c1-36-27-16-11-22(18-28(27)37-2)30(35)33(25-14-12-23(31)13-15-25)19-21-7-6-8-24(17-21)32-29(34)20-38-26-9-4-3-5-10-26/h3-11,16-18,23,25H,12-15,19-20,31H2,1-2H3,(H,32,34). The molecule has 0 saturated heterocycles. The average molecular weight is 518 g/mol. The van der Waals surface area contributed by atoms with Crippen molar-refractivity contribution >= 4 is 17.5 Å². The lowest BCUT2D eigenvalue weighted by Gasteiger charge is -2.36. The largest absolute Gasteiger partial charge is 0.493 e. The molecule has 3 aromatic rings. The molecule has 8 heteroatoms. The lowest BCUT2D eigenvalue weighted by Crippen LogP contribution is -2.43. The van der Waals surface area contributed by atoms with Gasteiger partial charge in [-0.05, 0) is 73.7 Å². The molecule has 1 aliphatic carbocycles. The number of anilines is 1. The quantitative estimate of drug-likeness (QED) is 0.406. The summed E-state index contributed by atoms with van der Waals surface area (Å²) in [4.78, 5) is 28.2. The first-order valence-corrected chi connectivity index (χ1v) is 12.8. The fraction of sp³-hybridized carbons (Fsp3) is 0.333. The molecule has 0 radical (unpaired) electrons. The number of hydrogen-bond acceptors (Lipinski definition) is 6. The van der Waals surface area contributed by atoms with Crippen LogP contribution in [0.2, 0.25) is 0 Å². The molecule has 200 valence electrons. The van der Waals surface area contributed by atoms with Gasteiger partial charge in [0.05, 0.1) is 14.2 Å². The molecule has 1 saturated carbocycles. The zero-order valence-corrected chi connectivity index (χ0v) is 21.9. The summed E-state index contributed by atoms with van der Waals surface area (Å²) in [6.07, 6.45) is 3.43. The minimum absolute atomic E-state index is 0.0629. The van der Waals surface area contributed by atoms with Crippen LogP contribution in [0.3, 0.4) is 0 Å². The third-order valence-corrected chi connectivity index (χ3v) is 6.75. The number of nitrogens with two attached hydrogens (primary N) is 1. The molecule has 3 N–H and O–H groups in total. The van der Waals surface area contributed by atoms with E-state index in [9.17, 15) is 9.59 Å². The number of rotatable bonds is 10. The number of para-hydroxylation sites is 1. The Kier molecular flexibility index (Phi) is 9.21. The van der Waals surface area contributed by atoms with Gasteiger partial charge in [0, 0.05) is 29.9 Å². The van der Waals surface area contributed by atoms with Crippen LogP contribution < -0.4 is 25.3 Å². The van der Waals surface area contributed by atoms with Gasteiger partial charge in [0.15, 0.2) is 18.1 Å². The molecule has 0 bridgehead atoms. The molecule has 8 nitrogen and oxygen atoms in total. The van der Waals surface area contributed by atoms with Gasteiger partial charge < -0.3 is 30.2 Å². The van der Waals surface area contributed by atoms with Crippen LogP contribution in [0.15, 0.2) is 72.8 Å². The van der Waals surface area contributed by atoms with Gasteiger partial charge in [-0.25, -0.2) is 0 Å². The highest BCUT2D eigenvalue weighted by atomic mass is 16.5. The first-order valence-electron chi connectivity index (χ1n) is 12.8. The predicted octanol–water partition coefficient (Wildman–Crippen LogP) is 4.63. The molecule has 1 fully saturated rings. The van der Waals surface area contributed by atoms with Crippen LogP contribution >= 0.6 is 0 Å². The van der Waals surface area contributed by atoms with Crippen molar-refractivity contribution in [2.75, 3.05) is 26.1 Å². The summed E-state index contributed by atoms with van der Waals surface area (Å²) in [6.45, 7) is 0.303. The van der Waals surface area contributed by atoms with E-state index in [1.807, 2.05) is 47.4 Å². The van der Waals surface area contributed by atoms with Crippen LogP contribution in [0.4, 0.5) is 5.69 Å². The number of methoxy groups -OCH3 is 2. The van der Waals surface area contributed by atoms with Gasteiger partial charge in [0.25, 0.3) is 11.8 Å². The molecule has 2 amide bonds. The second-order valence-electron chi connectivity index (χ2n) is 9.42. The normalized spacial score (nSPS) is 16.8. The van der Waals surface area contributed by atoms with E-state index < -0.39 is 0 Å². The highest BCUT2D eigenvalue weighted by Crippen LogP contribution is 2.30. The number of hydrogen-bond donors (Lipinski definition) is 2. The first-order chi connectivity index (χ1) is 18.5. The maximum absolute atomic E-state index is 13.8. The van der Waals surface area contributed by atoms with E-state index in [1.54, 1.807) is 44.6 Å². The van der Waals surface area contributed by atoms with Gasteiger partial charge in [-0.1, -0.05) is 30.3 Å². The van der Waals surface area contributed by atoms with Crippen molar-refractivity contribution in [1.29, 1.82) is 0 Å². The zero-order chi connectivity index (χ0) is 26.9. The number of carbonyl (C=O) groups excluding carboxylic acids is 2. The summed E-state index contributed by atoms with van der Waals surface area (Å²) in [5, 5.41) is 2.89. The number of ether oxygens (including phenoxy) is 3. The molecule has 0 unspecified atom stereocenters. The molecule has 0 heterocycles. The van der Waals surface area contributed by atoms with Crippen LogP contribution in [0.1, 0.15) is 41.6 Å². The Bertz CT molecular complexity index is 1230.